The second kappa shape index (κ2) is 3.58. The van der Waals surface area contributed by atoms with E-state index in [1.54, 1.807) is 4.68 Å². The number of hydrogen-bond donors (Lipinski definition) is 2. The summed E-state index contributed by atoms with van der Waals surface area (Å²) in [6.45, 7) is 0.619. The van der Waals surface area contributed by atoms with Gasteiger partial charge < -0.3 is 10.8 Å². The van der Waals surface area contributed by atoms with Crippen molar-refractivity contribution in [3.05, 3.63) is 6.33 Å². The smallest absolute Gasteiger partial charge is 0.321 e. The largest absolute Gasteiger partial charge is 0.480 e. The summed E-state index contributed by atoms with van der Waals surface area (Å²) in [5.74, 6) is -0.927. The van der Waals surface area contributed by atoms with Crippen LogP contribution in [0.15, 0.2) is 6.33 Å². The maximum atomic E-state index is 10.8. The van der Waals surface area contributed by atoms with Crippen molar-refractivity contribution in [3.63, 3.8) is 0 Å². The summed E-state index contributed by atoms with van der Waals surface area (Å²) in [4.78, 5) is 10.8. The minimum atomic E-state index is -0.927. The first-order valence-corrected chi connectivity index (χ1v) is 4.83. The molecule has 1 aliphatic rings. The van der Waals surface area contributed by atoms with Crippen molar-refractivity contribution in [2.24, 2.45) is 11.1 Å². The van der Waals surface area contributed by atoms with Gasteiger partial charge in [-0.05, 0) is 35.1 Å². The fourth-order valence-corrected chi connectivity index (χ4v) is 1.76. The third kappa shape index (κ3) is 1.96. The molecule has 15 heavy (non-hydrogen) atoms. The van der Waals surface area contributed by atoms with Crippen molar-refractivity contribution >= 4 is 5.97 Å². The number of aryl methyl sites for hydroxylation is 1. The summed E-state index contributed by atoms with van der Waals surface area (Å²) in [5.41, 5.74) is 5.40. The molecule has 7 nitrogen and oxygen atoms in total. The van der Waals surface area contributed by atoms with Crippen LogP contribution in [0.25, 0.3) is 0 Å². The van der Waals surface area contributed by atoms with Crippen molar-refractivity contribution in [1.82, 2.24) is 20.2 Å². The average molecular weight is 211 g/mol. The van der Waals surface area contributed by atoms with E-state index in [-0.39, 0.29) is 5.41 Å². The van der Waals surface area contributed by atoms with Crippen molar-refractivity contribution in [1.29, 1.82) is 0 Å². The lowest BCUT2D eigenvalue weighted by Gasteiger charge is -2.18. The Hall–Kier alpha value is -1.50. The van der Waals surface area contributed by atoms with Gasteiger partial charge in [-0.2, -0.15) is 0 Å². The number of rotatable bonds is 5. The number of nitrogens with zero attached hydrogens (tertiary/aromatic N) is 4. The van der Waals surface area contributed by atoms with Crippen molar-refractivity contribution in [2.75, 3.05) is 0 Å². The first kappa shape index (κ1) is 10.0. The topological polar surface area (TPSA) is 107 Å². The second-order valence-corrected chi connectivity index (χ2v) is 4.00. The van der Waals surface area contributed by atoms with Gasteiger partial charge in [0.1, 0.15) is 12.4 Å². The lowest BCUT2D eigenvalue weighted by atomic mass is 9.93. The van der Waals surface area contributed by atoms with Crippen LogP contribution in [0.2, 0.25) is 0 Å². The van der Waals surface area contributed by atoms with Crippen LogP contribution in [0.3, 0.4) is 0 Å². The van der Waals surface area contributed by atoms with Gasteiger partial charge in [0, 0.05) is 6.54 Å². The lowest BCUT2D eigenvalue weighted by Crippen LogP contribution is -2.40. The van der Waals surface area contributed by atoms with Gasteiger partial charge in [-0.15, -0.1) is 5.10 Å². The predicted molar refractivity (Wildman–Crippen MR) is 49.7 cm³/mol. The van der Waals surface area contributed by atoms with E-state index in [1.165, 1.54) is 6.33 Å². The molecule has 0 spiro atoms. The van der Waals surface area contributed by atoms with Gasteiger partial charge in [0.05, 0.1) is 0 Å². The van der Waals surface area contributed by atoms with E-state index >= 15 is 0 Å². The van der Waals surface area contributed by atoms with Crippen molar-refractivity contribution < 1.29 is 9.90 Å². The molecule has 0 aromatic carbocycles. The van der Waals surface area contributed by atoms with Crippen molar-refractivity contribution in [3.8, 4) is 0 Å². The SMILES string of the molecule is NC(C(=O)O)C1(CCn2cnnn2)CC1. The van der Waals surface area contributed by atoms with Gasteiger partial charge in [-0.25, -0.2) is 4.68 Å². The molecule has 2 rings (SSSR count). The highest BCUT2D eigenvalue weighted by atomic mass is 16.4. The van der Waals surface area contributed by atoms with Crippen LogP contribution < -0.4 is 5.73 Å². The Morgan fingerprint density at radius 1 is 1.67 bits per heavy atom. The van der Waals surface area contributed by atoms with Crippen LogP contribution in [0.4, 0.5) is 0 Å². The molecule has 7 heteroatoms. The van der Waals surface area contributed by atoms with Gasteiger partial charge >= 0.3 is 5.97 Å². The zero-order chi connectivity index (χ0) is 10.9. The first-order valence-electron chi connectivity index (χ1n) is 4.83. The van der Waals surface area contributed by atoms with E-state index in [1.807, 2.05) is 0 Å². The Labute approximate surface area is 86.3 Å². The van der Waals surface area contributed by atoms with E-state index in [2.05, 4.69) is 15.5 Å². The fourth-order valence-electron chi connectivity index (χ4n) is 1.76. The standard InChI is InChI=1S/C8H13N5O2/c9-6(7(14)15)8(1-2-8)3-4-13-5-10-11-12-13/h5-6H,1-4,9H2,(H,14,15). The number of hydrogen-bond acceptors (Lipinski definition) is 5. The highest BCUT2D eigenvalue weighted by molar-refractivity contribution is 5.75. The van der Waals surface area contributed by atoms with Gasteiger partial charge in [0.25, 0.3) is 0 Å². The molecule has 0 aliphatic heterocycles. The van der Waals surface area contributed by atoms with E-state index in [0.29, 0.717) is 13.0 Å². The Morgan fingerprint density at radius 2 is 2.40 bits per heavy atom. The van der Waals surface area contributed by atoms with Crippen LogP contribution in [0, 0.1) is 5.41 Å². The number of aromatic nitrogens is 4. The summed E-state index contributed by atoms with van der Waals surface area (Å²) in [6.07, 6.45) is 3.99. The molecule has 3 N–H and O–H groups in total. The Balaban J connectivity index is 1.91. The molecular weight excluding hydrogens is 198 g/mol. The minimum Gasteiger partial charge on any atom is -0.480 e. The van der Waals surface area contributed by atoms with Crippen LogP contribution in [0.5, 0.6) is 0 Å². The third-order valence-corrected chi connectivity index (χ3v) is 3.05. The van der Waals surface area contributed by atoms with Crippen LogP contribution in [-0.4, -0.2) is 37.3 Å². The zero-order valence-corrected chi connectivity index (χ0v) is 8.20. The minimum absolute atomic E-state index is 0.238. The van der Waals surface area contributed by atoms with Crippen molar-refractivity contribution in [2.45, 2.75) is 31.8 Å². The maximum Gasteiger partial charge on any atom is 0.321 e. The molecule has 1 aliphatic carbocycles. The molecule has 1 fully saturated rings. The van der Waals surface area contributed by atoms with Gasteiger partial charge in [-0.1, -0.05) is 0 Å². The highest BCUT2D eigenvalue weighted by Gasteiger charge is 2.50. The third-order valence-electron chi connectivity index (χ3n) is 3.05. The van der Waals surface area contributed by atoms with Gasteiger partial charge in [-0.3, -0.25) is 4.79 Å². The molecule has 1 aromatic heterocycles. The molecule has 0 saturated heterocycles. The Kier molecular flexibility index (Phi) is 2.39. The molecular formula is C8H13N5O2. The van der Waals surface area contributed by atoms with Crippen LogP contribution in [-0.2, 0) is 11.3 Å². The molecule has 1 atom stereocenters. The van der Waals surface area contributed by atoms with E-state index < -0.39 is 12.0 Å². The number of carbonyl (C=O) groups is 1. The molecule has 1 saturated carbocycles. The zero-order valence-electron chi connectivity index (χ0n) is 8.20. The van der Waals surface area contributed by atoms with E-state index in [4.69, 9.17) is 10.8 Å². The number of carboxylic acid groups (broad SMARTS) is 1. The summed E-state index contributed by atoms with van der Waals surface area (Å²) in [5, 5.41) is 19.6. The maximum absolute atomic E-state index is 10.8. The highest BCUT2D eigenvalue weighted by Crippen LogP contribution is 2.51. The Bertz CT molecular complexity index is 346. The Morgan fingerprint density at radius 3 is 2.87 bits per heavy atom. The average Bonchev–Trinajstić information content (AvgIpc) is 2.82. The summed E-state index contributed by atoms with van der Waals surface area (Å²) in [7, 11) is 0. The predicted octanol–water partition coefficient (Wildman–Crippen LogP) is -0.745. The molecule has 1 aromatic rings. The van der Waals surface area contributed by atoms with Crippen LogP contribution >= 0.6 is 0 Å². The molecule has 0 radical (unpaired) electrons. The summed E-state index contributed by atoms with van der Waals surface area (Å²) in [6, 6.07) is -0.769. The summed E-state index contributed by atoms with van der Waals surface area (Å²) >= 11 is 0. The molecule has 82 valence electrons. The lowest BCUT2D eigenvalue weighted by molar-refractivity contribution is -0.140. The second-order valence-electron chi connectivity index (χ2n) is 4.00. The number of tetrazole rings is 1. The quantitative estimate of drug-likeness (QED) is 0.664. The molecule has 1 unspecified atom stereocenters. The van der Waals surface area contributed by atoms with E-state index in [9.17, 15) is 4.79 Å². The normalized spacial score (nSPS) is 19.8. The number of aliphatic carboxylic acids is 1. The number of nitrogens with two attached hydrogens (primary N) is 1. The van der Waals surface area contributed by atoms with Gasteiger partial charge in [0.2, 0.25) is 0 Å². The fraction of sp³-hybridized carbons (Fsp3) is 0.750. The monoisotopic (exact) mass is 211 g/mol. The van der Waals surface area contributed by atoms with E-state index in [0.717, 1.165) is 12.8 Å². The number of carboxylic acids is 1. The first-order chi connectivity index (χ1) is 7.14. The molecule has 1 heterocycles. The molecule has 0 amide bonds. The summed E-state index contributed by atoms with van der Waals surface area (Å²) < 4.78 is 1.59. The molecule has 0 bridgehead atoms. The van der Waals surface area contributed by atoms with Crippen LogP contribution in [0.1, 0.15) is 19.3 Å². The van der Waals surface area contributed by atoms with Gasteiger partial charge in [0.15, 0.2) is 0 Å².